The van der Waals surface area contributed by atoms with Gasteiger partial charge in [-0.15, -0.1) is 0 Å². The highest BCUT2D eigenvalue weighted by molar-refractivity contribution is 8.15. The van der Waals surface area contributed by atoms with Crippen molar-refractivity contribution in [3.63, 3.8) is 0 Å². The summed E-state index contributed by atoms with van der Waals surface area (Å²) in [5.74, 6) is -0.598. The molecule has 2 heterocycles. The molecule has 0 aromatic heterocycles. The van der Waals surface area contributed by atoms with Crippen LogP contribution in [0.4, 0.5) is 10.1 Å². The van der Waals surface area contributed by atoms with Gasteiger partial charge in [0.05, 0.1) is 18.7 Å². The number of hydrogen-bond acceptors (Lipinski definition) is 6. The van der Waals surface area contributed by atoms with E-state index in [0.29, 0.717) is 17.2 Å². The van der Waals surface area contributed by atoms with Gasteiger partial charge in [-0.2, -0.15) is 0 Å². The molecule has 0 radical (unpaired) electrons. The van der Waals surface area contributed by atoms with E-state index in [4.69, 9.17) is 9.47 Å². The summed E-state index contributed by atoms with van der Waals surface area (Å²) in [4.78, 5) is 29.9. The van der Waals surface area contributed by atoms with Gasteiger partial charge in [0.25, 0.3) is 0 Å². The Kier molecular flexibility index (Phi) is 4.91. The molecule has 9 heteroatoms. The van der Waals surface area contributed by atoms with Crippen molar-refractivity contribution in [2.24, 2.45) is 4.99 Å². The van der Waals surface area contributed by atoms with Gasteiger partial charge in [0, 0.05) is 0 Å². The van der Waals surface area contributed by atoms with Gasteiger partial charge in [-0.25, -0.2) is 9.38 Å². The first-order chi connectivity index (χ1) is 13.5. The number of ether oxygens (including phenoxy) is 2. The molecule has 144 valence electrons. The number of halogens is 1. The Hall–Kier alpha value is -3.07. The lowest BCUT2D eigenvalue weighted by Gasteiger charge is -2.30. The van der Waals surface area contributed by atoms with Crippen LogP contribution in [-0.4, -0.2) is 39.1 Å². The molecular weight excluding hydrogens is 387 g/mol. The molecule has 1 saturated heterocycles. The van der Waals surface area contributed by atoms with Crippen molar-refractivity contribution in [3.8, 4) is 11.5 Å². The standard InChI is InChI=1S/C19H15FN2O5S/c20-12-2-4-13(5-3-12)21-19-22(17(23)8-16(28-19)18(24)25)9-11-1-6-14-15(7-11)27-10-26-14/h1-7,16H,8-10H2,(H,24,25)/t16-/m0/s1. The second kappa shape index (κ2) is 7.51. The van der Waals surface area contributed by atoms with E-state index in [1.165, 1.54) is 29.2 Å². The van der Waals surface area contributed by atoms with Crippen molar-refractivity contribution < 1.29 is 28.6 Å². The number of aliphatic imine (C=N–C) groups is 1. The molecule has 1 fully saturated rings. The minimum absolute atomic E-state index is 0.132. The minimum Gasteiger partial charge on any atom is -0.480 e. The first kappa shape index (κ1) is 18.3. The zero-order valence-electron chi connectivity index (χ0n) is 14.5. The van der Waals surface area contributed by atoms with E-state index in [2.05, 4.69) is 4.99 Å². The maximum atomic E-state index is 13.2. The number of amides is 1. The van der Waals surface area contributed by atoms with E-state index in [0.717, 1.165) is 17.3 Å². The molecule has 4 rings (SSSR count). The van der Waals surface area contributed by atoms with Crippen LogP contribution in [0.2, 0.25) is 0 Å². The number of carbonyl (C=O) groups excluding carboxylic acids is 1. The molecule has 2 aliphatic rings. The molecule has 7 nitrogen and oxygen atoms in total. The lowest BCUT2D eigenvalue weighted by atomic mass is 10.1. The second-order valence-corrected chi connectivity index (χ2v) is 7.36. The number of benzene rings is 2. The average molecular weight is 402 g/mol. The number of carboxylic acid groups (broad SMARTS) is 1. The number of carboxylic acids is 1. The number of rotatable bonds is 4. The van der Waals surface area contributed by atoms with E-state index < -0.39 is 17.0 Å². The fourth-order valence-electron chi connectivity index (χ4n) is 2.84. The molecule has 2 aliphatic heterocycles. The van der Waals surface area contributed by atoms with Crippen molar-refractivity contribution in [2.75, 3.05) is 6.79 Å². The second-order valence-electron chi connectivity index (χ2n) is 6.19. The molecular formula is C19H15FN2O5S. The summed E-state index contributed by atoms with van der Waals surface area (Å²) in [5, 5.41) is 8.67. The number of amidine groups is 1. The Morgan fingerprint density at radius 2 is 1.96 bits per heavy atom. The Morgan fingerprint density at radius 3 is 2.71 bits per heavy atom. The third-order valence-electron chi connectivity index (χ3n) is 4.24. The molecule has 1 N–H and O–H groups in total. The van der Waals surface area contributed by atoms with E-state index in [-0.39, 0.29) is 30.8 Å². The summed E-state index contributed by atoms with van der Waals surface area (Å²) in [6.07, 6.45) is -0.132. The van der Waals surface area contributed by atoms with Gasteiger partial charge in [0.15, 0.2) is 16.7 Å². The van der Waals surface area contributed by atoms with Crippen LogP contribution in [0.25, 0.3) is 0 Å². The summed E-state index contributed by atoms with van der Waals surface area (Å²) in [6.45, 7) is 0.351. The van der Waals surface area contributed by atoms with Gasteiger partial charge < -0.3 is 14.6 Å². The van der Waals surface area contributed by atoms with Crippen LogP contribution in [0.3, 0.4) is 0 Å². The number of aliphatic carboxylic acids is 1. The zero-order valence-corrected chi connectivity index (χ0v) is 15.3. The van der Waals surface area contributed by atoms with Crippen molar-refractivity contribution in [1.29, 1.82) is 0 Å². The maximum absolute atomic E-state index is 13.2. The van der Waals surface area contributed by atoms with Crippen molar-refractivity contribution in [2.45, 2.75) is 18.2 Å². The van der Waals surface area contributed by atoms with E-state index in [1.807, 2.05) is 6.07 Å². The number of carbonyl (C=O) groups is 2. The molecule has 0 bridgehead atoms. The van der Waals surface area contributed by atoms with E-state index >= 15 is 0 Å². The van der Waals surface area contributed by atoms with Crippen molar-refractivity contribution >= 4 is 34.5 Å². The van der Waals surface area contributed by atoms with Crippen molar-refractivity contribution in [1.82, 2.24) is 4.90 Å². The van der Waals surface area contributed by atoms with Gasteiger partial charge in [0.1, 0.15) is 11.1 Å². The quantitative estimate of drug-likeness (QED) is 0.845. The highest BCUT2D eigenvalue weighted by Gasteiger charge is 2.36. The van der Waals surface area contributed by atoms with Crippen LogP contribution >= 0.6 is 11.8 Å². The van der Waals surface area contributed by atoms with Crippen molar-refractivity contribution in [3.05, 3.63) is 53.8 Å². The van der Waals surface area contributed by atoms with Crippen LogP contribution in [0.5, 0.6) is 11.5 Å². The van der Waals surface area contributed by atoms with Gasteiger partial charge in [-0.3, -0.25) is 14.5 Å². The fourth-order valence-corrected chi connectivity index (χ4v) is 3.87. The third-order valence-corrected chi connectivity index (χ3v) is 5.42. The molecule has 0 aliphatic carbocycles. The maximum Gasteiger partial charge on any atom is 0.317 e. The molecule has 28 heavy (non-hydrogen) atoms. The number of hydrogen-bond donors (Lipinski definition) is 1. The monoisotopic (exact) mass is 402 g/mol. The van der Waals surface area contributed by atoms with Gasteiger partial charge in [0.2, 0.25) is 12.7 Å². The average Bonchev–Trinajstić information content (AvgIpc) is 3.13. The predicted molar refractivity (Wildman–Crippen MR) is 100 cm³/mol. The number of fused-ring (bicyclic) bond motifs is 1. The van der Waals surface area contributed by atoms with Gasteiger partial charge in [-0.05, 0) is 42.0 Å². The lowest BCUT2D eigenvalue weighted by Crippen LogP contribution is -2.43. The summed E-state index contributed by atoms with van der Waals surface area (Å²) in [5.41, 5.74) is 1.22. The molecule has 0 saturated carbocycles. The Bertz CT molecular complexity index is 963. The molecule has 1 atom stereocenters. The Balaban J connectivity index is 1.64. The number of thioether (sulfide) groups is 1. The first-order valence-corrected chi connectivity index (χ1v) is 9.30. The molecule has 2 aromatic carbocycles. The van der Waals surface area contributed by atoms with Crippen LogP contribution < -0.4 is 9.47 Å². The van der Waals surface area contributed by atoms with Crippen LogP contribution in [0.15, 0.2) is 47.5 Å². The minimum atomic E-state index is -1.08. The van der Waals surface area contributed by atoms with E-state index in [9.17, 15) is 19.1 Å². The van der Waals surface area contributed by atoms with Gasteiger partial charge in [-0.1, -0.05) is 17.8 Å². The summed E-state index contributed by atoms with van der Waals surface area (Å²) >= 11 is 1.00. The number of nitrogens with zero attached hydrogens (tertiary/aromatic N) is 2. The summed E-state index contributed by atoms with van der Waals surface area (Å²) in [7, 11) is 0. The topological polar surface area (TPSA) is 88.4 Å². The SMILES string of the molecule is O=C(O)[C@@H]1CC(=O)N(Cc2ccc3c(c2)OCO3)C(=Nc2ccc(F)cc2)S1. The zero-order chi connectivity index (χ0) is 19.7. The van der Waals surface area contributed by atoms with Crippen LogP contribution in [-0.2, 0) is 16.1 Å². The normalized spacial score (nSPS) is 19.9. The molecule has 0 spiro atoms. The lowest BCUT2D eigenvalue weighted by molar-refractivity contribution is -0.139. The Labute approximate surface area is 163 Å². The highest BCUT2D eigenvalue weighted by Crippen LogP contribution is 2.34. The summed E-state index contributed by atoms with van der Waals surface area (Å²) in [6, 6.07) is 10.8. The van der Waals surface area contributed by atoms with Crippen LogP contribution in [0.1, 0.15) is 12.0 Å². The molecule has 2 aromatic rings. The Morgan fingerprint density at radius 1 is 1.21 bits per heavy atom. The smallest absolute Gasteiger partial charge is 0.317 e. The highest BCUT2D eigenvalue weighted by atomic mass is 32.2. The first-order valence-electron chi connectivity index (χ1n) is 8.42. The van der Waals surface area contributed by atoms with Crippen LogP contribution in [0, 0.1) is 5.82 Å². The van der Waals surface area contributed by atoms with Gasteiger partial charge >= 0.3 is 5.97 Å². The largest absolute Gasteiger partial charge is 0.480 e. The fraction of sp³-hybridized carbons (Fsp3) is 0.211. The predicted octanol–water partition coefficient (Wildman–Crippen LogP) is 3.16. The molecule has 0 unspecified atom stereocenters. The molecule has 1 amide bonds. The van der Waals surface area contributed by atoms with E-state index in [1.54, 1.807) is 12.1 Å². The summed E-state index contributed by atoms with van der Waals surface area (Å²) < 4.78 is 23.8. The third kappa shape index (κ3) is 3.79.